The monoisotopic (exact) mass is 287 g/mol. The van der Waals surface area contributed by atoms with Gasteiger partial charge in [-0.1, -0.05) is 12.8 Å². The maximum absolute atomic E-state index is 4.47. The second kappa shape index (κ2) is 6.51. The van der Waals surface area contributed by atoms with E-state index in [1.165, 1.54) is 25.7 Å². The lowest BCUT2D eigenvalue weighted by atomic mass is 10.1. The number of aromatic nitrogens is 5. The van der Waals surface area contributed by atoms with E-state index in [0.717, 1.165) is 19.0 Å². The smallest absolute Gasteiger partial charge is 0.241 e. The van der Waals surface area contributed by atoms with Crippen molar-refractivity contribution in [2.75, 3.05) is 23.7 Å². The van der Waals surface area contributed by atoms with E-state index in [9.17, 15) is 0 Å². The second-order valence-corrected chi connectivity index (χ2v) is 5.31. The van der Waals surface area contributed by atoms with Crippen LogP contribution in [0, 0.1) is 5.92 Å². The van der Waals surface area contributed by atoms with Crippen LogP contribution in [0.1, 0.15) is 32.6 Å². The van der Waals surface area contributed by atoms with Crippen LogP contribution in [0.4, 0.5) is 11.9 Å². The predicted molar refractivity (Wildman–Crippen MR) is 81.6 cm³/mol. The van der Waals surface area contributed by atoms with Gasteiger partial charge in [0.1, 0.15) is 6.33 Å². The lowest BCUT2D eigenvalue weighted by Gasteiger charge is -2.12. The van der Waals surface area contributed by atoms with Gasteiger partial charge in [-0.15, -0.1) is 0 Å². The molecule has 0 atom stereocenters. The average molecular weight is 287 g/mol. The Morgan fingerprint density at radius 3 is 2.57 bits per heavy atom. The quantitative estimate of drug-likeness (QED) is 0.847. The van der Waals surface area contributed by atoms with Crippen LogP contribution in [-0.2, 0) is 0 Å². The number of hydrogen-bond donors (Lipinski definition) is 2. The van der Waals surface area contributed by atoms with E-state index in [1.807, 2.05) is 13.1 Å². The van der Waals surface area contributed by atoms with Gasteiger partial charge in [0.15, 0.2) is 0 Å². The predicted octanol–water partition coefficient (Wildman–Crippen LogP) is 2.09. The molecule has 1 saturated carbocycles. The fourth-order valence-corrected chi connectivity index (χ4v) is 2.62. The van der Waals surface area contributed by atoms with E-state index in [-0.39, 0.29) is 0 Å². The molecule has 0 aliphatic heterocycles. The highest BCUT2D eigenvalue weighted by atomic mass is 15.3. The molecule has 0 amide bonds. The Labute approximate surface area is 124 Å². The zero-order valence-corrected chi connectivity index (χ0v) is 12.3. The summed E-state index contributed by atoms with van der Waals surface area (Å²) in [6, 6.07) is 0. The molecule has 2 aromatic heterocycles. The van der Waals surface area contributed by atoms with Crippen molar-refractivity contribution in [3.63, 3.8) is 0 Å². The van der Waals surface area contributed by atoms with Crippen LogP contribution in [0.25, 0.3) is 5.95 Å². The van der Waals surface area contributed by atoms with Crippen molar-refractivity contribution in [2.45, 2.75) is 32.6 Å². The van der Waals surface area contributed by atoms with Gasteiger partial charge in [-0.3, -0.25) is 4.57 Å². The lowest BCUT2D eigenvalue weighted by molar-refractivity contribution is 0.577. The first-order valence-corrected chi connectivity index (χ1v) is 7.57. The van der Waals surface area contributed by atoms with Crippen molar-refractivity contribution in [3.05, 3.63) is 18.7 Å². The molecule has 0 spiro atoms. The van der Waals surface area contributed by atoms with Gasteiger partial charge in [0.25, 0.3) is 0 Å². The summed E-state index contributed by atoms with van der Waals surface area (Å²) in [6.07, 6.45) is 10.5. The molecule has 0 saturated heterocycles. The SMILES string of the molecule is CCNc1nc(NCC2CCCC2)nc(-n2ccnc2)n1. The van der Waals surface area contributed by atoms with Crippen LogP contribution in [0.3, 0.4) is 0 Å². The molecule has 1 fully saturated rings. The molecular formula is C14H21N7. The summed E-state index contributed by atoms with van der Waals surface area (Å²) in [5.74, 6) is 2.52. The fraction of sp³-hybridized carbons (Fsp3) is 0.571. The highest BCUT2D eigenvalue weighted by molar-refractivity contribution is 5.38. The highest BCUT2D eigenvalue weighted by Gasteiger charge is 2.15. The van der Waals surface area contributed by atoms with Gasteiger partial charge in [0.05, 0.1) is 0 Å². The van der Waals surface area contributed by atoms with E-state index in [1.54, 1.807) is 17.1 Å². The molecule has 2 aromatic rings. The van der Waals surface area contributed by atoms with Gasteiger partial charge in [-0.05, 0) is 25.7 Å². The lowest BCUT2D eigenvalue weighted by Crippen LogP contribution is -2.16. The number of rotatable bonds is 6. The standard InChI is InChI=1S/C14H21N7/c1-2-16-12-18-13(17-9-11-5-3-4-6-11)20-14(19-12)21-8-7-15-10-21/h7-8,10-11H,2-6,9H2,1H3,(H2,16,17,18,19,20). The molecule has 0 radical (unpaired) electrons. The number of anilines is 2. The van der Waals surface area contributed by atoms with Crippen LogP contribution in [0.15, 0.2) is 18.7 Å². The maximum Gasteiger partial charge on any atom is 0.241 e. The minimum Gasteiger partial charge on any atom is -0.354 e. The van der Waals surface area contributed by atoms with Gasteiger partial charge in [0.2, 0.25) is 17.8 Å². The topological polar surface area (TPSA) is 80.5 Å². The van der Waals surface area contributed by atoms with Crippen LogP contribution in [-0.4, -0.2) is 37.6 Å². The molecule has 21 heavy (non-hydrogen) atoms. The molecule has 0 unspecified atom stereocenters. The minimum absolute atomic E-state index is 0.576. The molecule has 7 nitrogen and oxygen atoms in total. The number of nitrogens with one attached hydrogen (secondary N) is 2. The average Bonchev–Trinajstić information content (AvgIpc) is 3.19. The van der Waals surface area contributed by atoms with Crippen molar-refractivity contribution in [1.82, 2.24) is 24.5 Å². The second-order valence-electron chi connectivity index (χ2n) is 5.31. The molecule has 112 valence electrons. The summed E-state index contributed by atoms with van der Waals surface area (Å²) >= 11 is 0. The molecule has 0 bridgehead atoms. The van der Waals surface area contributed by atoms with Gasteiger partial charge < -0.3 is 10.6 Å². The Morgan fingerprint density at radius 1 is 1.14 bits per heavy atom. The third kappa shape index (κ3) is 3.48. The number of hydrogen-bond acceptors (Lipinski definition) is 6. The summed E-state index contributed by atoms with van der Waals surface area (Å²) in [5.41, 5.74) is 0. The summed E-state index contributed by atoms with van der Waals surface area (Å²) in [5, 5.41) is 6.49. The number of nitrogens with zero attached hydrogens (tertiary/aromatic N) is 5. The van der Waals surface area contributed by atoms with Crippen LogP contribution in [0.5, 0.6) is 0 Å². The van der Waals surface area contributed by atoms with Gasteiger partial charge in [-0.25, -0.2) is 4.98 Å². The van der Waals surface area contributed by atoms with Crippen LogP contribution < -0.4 is 10.6 Å². The normalized spacial score (nSPS) is 15.3. The first-order chi connectivity index (χ1) is 10.3. The van der Waals surface area contributed by atoms with E-state index in [4.69, 9.17) is 0 Å². The van der Waals surface area contributed by atoms with E-state index < -0.39 is 0 Å². The molecular weight excluding hydrogens is 266 g/mol. The Balaban J connectivity index is 1.77. The number of imidazole rings is 1. The summed E-state index contributed by atoms with van der Waals surface area (Å²) in [4.78, 5) is 17.3. The minimum atomic E-state index is 0.576. The van der Waals surface area contributed by atoms with Crippen molar-refractivity contribution < 1.29 is 0 Å². The molecule has 0 aromatic carbocycles. The first-order valence-electron chi connectivity index (χ1n) is 7.57. The Morgan fingerprint density at radius 2 is 1.90 bits per heavy atom. The Bertz CT molecular complexity index is 561. The largest absolute Gasteiger partial charge is 0.354 e. The van der Waals surface area contributed by atoms with Crippen molar-refractivity contribution >= 4 is 11.9 Å². The highest BCUT2D eigenvalue weighted by Crippen LogP contribution is 2.24. The molecule has 3 rings (SSSR count). The third-order valence-electron chi connectivity index (χ3n) is 3.72. The molecule has 2 heterocycles. The third-order valence-corrected chi connectivity index (χ3v) is 3.72. The zero-order valence-electron chi connectivity index (χ0n) is 12.3. The van der Waals surface area contributed by atoms with Gasteiger partial charge in [0, 0.05) is 25.5 Å². The Kier molecular flexibility index (Phi) is 4.28. The summed E-state index contributed by atoms with van der Waals surface area (Å²) < 4.78 is 1.78. The molecule has 1 aliphatic rings. The van der Waals surface area contributed by atoms with E-state index >= 15 is 0 Å². The molecule has 2 N–H and O–H groups in total. The van der Waals surface area contributed by atoms with Crippen LogP contribution >= 0.6 is 0 Å². The van der Waals surface area contributed by atoms with Gasteiger partial charge >= 0.3 is 0 Å². The summed E-state index contributed by atoms with van der Waals surface area (Å²) in [7, 11) is 0. The maximum atomic E-state index is 4.47. The first kappa shape index (κ1) is 13.8. The van der Waals surface area contributed by atoms with Crippen molar-refractivity contribution in [1.29, 1.82) is 0 Å². The zero-order chi connectivity index (χ0) is 14.5. The van der Waals surface area contributed by atoms with Crippen LogP contribution in [0.2, 0.25) is 0 Å². The van der Waals surface area contributed by atoms with Crippen molar-refractivity contribution in [2.24, 2.45) is 5.92 Å². The van der Waals surface area contributed by atoms with Crippen molar-refractivity contribution in [3.8, 4) is 5.95 Å². The summed E-state index contributed by atoms with van der Waals surface area (Å²) in [6.45, 7) is 3.72. The van der Waals surface area contributed by atoms with E-state index in [2.05, 4.69) is 30.6 Å². The molecule has 7 heteroatoms. The fourth-order valence-electron chi connectivity index (χ4n) is 2.62. The van der Waals surface area contributed by atoms with E-state index in [0.29, 0.717) is 17.8 Å². The van der Waals surface area contributed by atoms with Gasteiger partial charge in [-0.2, -0.15) is 15.0 Å². The molecule has 1 aliphatic carbocycles. The Hall–Kier alpha value is -2.18.